The lowest BCUT2D eigenvalue weighted by atomic mass is 10.2. The fourth-order valence-electron chi connectivity index (χ4n) is 2.15. The molecule has 0 unspecified atom stereocenters. The molecule has 0 bridgehead atoms. The van der Waals surface area contributed by atoms with Crippen LogP contribution in [0.25, 0.3) is 5.69 Å². The summed E-state index contributed by atoms with van der Waals surface area (Å²) in [5.41, 5.74) is 2.38. The molecule has 3 aromatic rings. The standard InChI is InChI=1S/C10H9N3O2.C8H9NO2/c1-8-6-12(7-11-8)9-4-2-3-5-10(9)13(14)15;10-7-11-6-4-8-3-1-2-5-9-8/h2-7H,1H3;1-3,5,7H,4,6H2. The van der Waals surface area contributed by atoms with Crippen LogP contribution >= 0.6 is 0 Å². The van der Waals surface area contributed by atoms with Crippen LogP contribution in [0.2, 0.25) is 0 Å². The van der Waals surface area contributed by atoms with Crippen molar-refractivity contribution in [2.75, 3.05) is 6.61 Å². The largest absolute Gasteiger partial charge is 0.467 e. The van der Waals surface area contributed by atoms with Crippen molar-refractivity contribution in [1.82, 2.24) is 14.5 Å². The minimum atomic E-state index is -0.398. The van der Waals surface area contributed by atoms with Crippen molar-refractivity contribution in [2.24, 2.45) is 0 Å². The van der Waals surface area contributed by atoms with Crippen molar-refractivity contribution >= 4 is 12.2 Å². The number of para-hydroxylation sites is 2. The minimum Gasteiger partial charge on any atom is -0.467 e. The maximum Gasteiger partial charge on any atom is 0.293 e. The van der Waals surface area contributed by atoms with Gasteiger partial charge in [-0.1, -0.05) is 18.2 Å². The number of hydrogen-bond donors (Lipinski definition) is 0. The number of pyridine rings is 1. The zero-order valence-corrected chi connectivity index (χ0v) is 14.2. The van der Waals surface area contributed by atoms with E-state index in [2.05, 4.69) is 14.7 Å². The molecule has 0 saturated carbocycles. The number of benzene rings is 1. The number of ether oxygens (including phenoxy) is 1. The summed E-state index contributed by atoms with van der Waals surface area (Å²) < 4.78 is 6.16. The highest BCUT2D eigenvalue weighted by Gasteiger charge is 2.13. The predicted octanol–water partition coefficient (Wildman–Crippen LogP) is 2.89. The van der Waals surface area contributed by atoms with Crippen LogP contribution in [0.1, 0.15) is 11.4 Å². The zero-order chi connectivity index (χ0) is 18.8. The smallest absolute Gasteiger partial charge is 0.293 e. The Bertz CT molecular complexity index is 849. The van der Waals surface area contributed by atoms with Gasteiger partial charge in [0, 0.05) is 30.6 Å². The van der Waals surface area contributed by atoms with Crippen LogP contribution < -0.4 is 0 Å². The molecule has 0 aliphatic carbocycles. The molecule has 0 N–H and O–H groups in total. The van der Waals surface area contributed by atoms with Crippen LogP contribution in [0, 0.1) is 17.0 Å². The lowest BCUT2D eigenvalue weighted by Gasteiger charge is -2.01. The van der Waals surface area contributed by atoms with Gasteiger partial charge in [0.15, 0.2) is 0 Å². The third-order valence-electron chi connectivity index (χ3n) is 3.34. The Labute approximate surface area is 150 Å². The van der Waals surface area contributed by atoms with Gasteiger partial charge in [-0.2, -0.15) is 0 Å². The van der Waals surface area contributed by atoms with Crippen LogP contribution in [0.4, 0.5) is 5.69 Å². The first-order chi connectivity index (χ1) is 12.6. The molecule has 0 saturated heterocycles. The number of carbonyl (C=O) groups is 1. The molecule has 0 aliphatic heterocycles. The number of aromatic nitrogens is 3. The van der Waals surface area contributed by atoms with Gasteiger partial charge >= 0.3 is 0 Å². The van der Waals surface area contributed by atoms with Crippen molar-refractivity contribution in [3.05, 3.63) is 82.7 Å². The number of nitro groups is 1. The first kappa shape index (κ1) is 18.8. The van der Waals surface area contributed by atoms with E-state index in [-0.39, 0.29) is 5.69 Å². The van der Waals surface area contributed by atoms with E-state index in [0.29, 0.717) is 25.2 Å². The Balaban J connectivity index is 0.000000197. The van der Waals surface area contributed by atoms with E-state index in [1.54, 1.807) is 41.5 Å². The first-order valence-electron chi connectivity index (χ1n) is 7.81. The van der Waals surface area contributed by atoms with Gasteiger partial charge in [-0.3, -0.25) is 24.5 Å². The molecule has 1 aromatic carbocycles. The molecule has 0 radical (unpaired) electrons. The molecule has 0 spiro atoms. The van der Waals surface area contributed by atoms with Gasteiger partial charge in [0.2, 0.25) is 0 Å². The number of hydrogen-bond acceptors (Lipinski definition) is 6. The zero-order valence-electron chi connectivity index (χ0n) is 14.2. The van der Waals surface area contributed by atoms with E-state index in [9.17, 15) is 14.9 Å². The molecule has 26 heavy (non-hydrogen) atoms. The average Bonchev–Trinajstić information content (AvgIpc) is 3.10. The molecule has 0 fully saturated rings. The van der Waals surface area contributed by atoms with Gasteiger partial charge < -0.3 is 4.74 Å². The molecule has 0 aliphatic rings. The third-order valence-corrected chi connectivity index (χ3v) is 3.34. The van der Waals surface area contributed by atoms with Crippen molar-refractivity contribution in [3.8, 4) is 5.69 Å². The number of aryl methyl sites for hydroxylation is 1. The van der Waals surface area contributed by atoms with Crippen LogP contribution in [0.5, 0.6) is 0 Å². The average molecular weight is 354 g/mol. The third kappa shape index (κ3) is 5.52. The molecular formula is C18H18N4O4. The van der Waals surface area contributed by atoms with Crippen molar-refractivity contribution in [1.29, 1.82) is 0 Å². The summed E-state index contributed by atoms with van der Waals surface area (Å²) in [6.45, 7) is 2.69. The molecular weight excluding hydrogens is 336 g/mol. The number of carbonyl (C=O) groups excluding carboxylic acids is 1. The number of rotatable bonds is 6. The van der Waals surface area contributed by atoms with Crippen LogP contribution in [-0.2, 0) is 16.0 Å². The summed E-state index contributed by atoms with van der Waals surface area (Å²) in [5.74, 6) is 0. The Morgan fingerprint density at radius 2 is 1.96 bits per heavy atom. The Kier molecular flexibility index (Phi) is 6.99. The lowest BCUT2D eigenvalue weighted by Crippen LogP contribution is -1.97. The predicted molar refractivity (Wildman–Crippen MR) is 94.9 cm³/mol. The first-order valence-corrected chi connectivity index (χ1v) is 7.81. The van der Waals surface area contributed by atoms with Crippen molar-refractivity contribution in [2.45, 2.75) is 13.3 Å². The highest BCUT2D eigenvalue weighted by atomic mass is 16.6. The van der Waals surface area contributed by atoms with Crippen LogP contribution in [-0.4, -0.2) is 32.5 Å². The number of nitro benzene ring substituents is 1. The van der Waals surface area contributed by atoms with Gasteiger partial charge in [-0.05, 0) is 25.1 Å². The van der Waals surface area contributed by atoms with E-state index >= 15 is 0 Å². The molecule has 8 nitrogen and oxygen atoms in total. The van der Waals surface area contributed by atoms with Crippen molar-refractivity contribution in [3.63, 3.8) is 0 Å². The maximum atomic E-state index is 10.8. The van der Waals surface area contributed by atoms with Gasteiger partial charge in [0.05, 0.1) is 23.6 Å². The second-order valence-electron chi connectivity index (χ2n) is 5.21. The highest BCUT2D eigenvalue weighted by Crippen LogP contribution is 2.21. The Morgan fingerprint density at radius 1 is 1.19 bits per heavy atom. The van der Waals surface area contributed by atoms with E-state index in [1.807, 2.05) is 25.1 Å². The summed E-state index contributed by atoms with van der Waals surface area (Å²) in [4.78, 5) is 28.2. The second-order valence-corrected chi connectivity index (χ2v) is 5.21. The molecule has 8 heteroatoms. The maximum absolute atomic E-state index is 10.8. The second kappa shape index (κ2) is 9.67. The normalized spacial score (nSPS) is 9.73. The molecule has 2 heterocycles. The van der Waals surface area contributed by atoms with Gasteiger partial charge in [-0.25, -0.2) is 4.98 Å². The molecule has 3 rings (SSSR count). The Hall–Kier alpha value is -3.55. The summed E-state index contributed by atoms with van der Waals surface area (Å²) in [6.07, 6.45) is 5.72. The lowest BCUT2D eigenvalue weighted by molar-refractivity contribution is -0.384. The fraction of sp³-hybridized carbons (Fsp3) is 0.167. The Morgan fingerprint density at radius 3 is 2.58 bits per heavy atom. The van der Waals surface area contributed by atoms with Crippen LogP contribution in [0.15, 0.2) is 61.2 Å². The highest BCUT2D eigenvalue weighted by molar-refractivity contribution is 5.52. The summed E-state index contributed by atoms with van der Waals surface area (Å²) in [6, 6.07) is 12.2. The summed E-state index contributed by atoms with van der Waals surface area (Å²) in [5, 5.41) is 10.8. The topological polar surface area (TPSA) is 100 Å². The van der Waals surface area contributed by atoms with E-state index in [0.717, 1.165) is 11.4 Å². The summed E-state index contributed by atoms with van der Waals surface area (Å²) in [7, 11) is 0. The van der Waals surface area contributed by atoms with Crippen LogP contribution in [0.3, 0.4) is 0 Å². The molecule has 2 aromatic heterocycles. The fourth-order valence-corrected chi connectivity index (χ4v) is 2.15. The minimum absolute atomic E-state index is 0.0786. The van der Waals surface area contributed by atoms with Gasteiger partial charge in [0.25, 0.3) is 12.2 Å². The van der Waals surface area contributed by atoms with E-state index in [1.165, 1.54) is 6.07 Å². The van der Waals surface area contributed by atoms with Gasteiger partial charge in [-0.15, -0.1) is 0 Å². The number of nitrogens with zero attached hydrogens (tertiary/aromatic N) is 4. The quantitative estimate of drug-likeness (QED) is 0.292. The van der Waals surface area contributed by atoms with Crippen molar-refractivity contribution < 1.29 is 14.5 Å². The summed E-state index contributed by atoms with van der Waals surface area (Å²) >= 11 is 0. The van der Waals surface area contributed by atoms with E-state index < -0.39 is 4.92 Å². The molecule has 134 valence electrons. The monoisotopic (exact) mass is 354 g/mol. The number of imidazole rings is 1. The SMILES string of the molecule is Cc1cn(-c2ccccc2[N+](=O)[O-])cn1.O=COCCc1ccccn1. The van der Waals surface area contributed by atoms with Gasteiger partial charge in [0.1, 0.15) is 5.69 Å². The molecule has 0 amide bonds. The van der Waals surface area contributed by atoms with E-state index in [4.69, 9.17) is 0 Å². The molecule has 0 atom stereocenters.